The van der Waals surface area contributed by atoms with Crippen LogP contribution < -0.4 is 77.4 Å². The van der Waals surface area contributed by atoms with Gasteiger partial charge in [-0.2, -0.15) is 0 Å². The monoisotopic (exact) mass is 1080 g/mol. The van der Waals surface area contributed by atoms with E-state index in [9.17, 15) is 53.4 Å². The number of H-pyrrole nitrogens is 1. The van der Waals surface area contributed by atoms with E-state index < -0.39 is 114 Å². The third-order valence-corrected chi connectivity index (χ3v) is 11.9. The van der Waals surface area contributed by atoms with Crippen molar-refractivity contribution in [2.75, 3.05) is 52.4 Å². The smallest absolute Gasteiger partial charge is 0.352 e. The number of unbranched alkanes of at least 4 members (excludes halogenated alkanes) is 3. The Morgan fingerprint density at radius 3 is 1.99 bits per heavy atom. The molecule has 0 aliphatic carbocycles. The quantitative estimate of drug-likeness (QED) is 0.0128. The van der Waals surface area contributed by atoms with Gasteiger partial charge >= 0.3 is 5.97 Å². The van der Waals surface area contributed by atoms with Crippen LogP contribution in [0.5, 0.6) is 0 Å². The maximum absolute atomic E-state index is 14.2. The van der Waals surface area contributed by atoms with Gasteiger partial charge in [0.1, 0.15) is 41.6 Å². The van der Waals surface area contributed by atoms with Crippen molar-refractivity contribution in [1.82, 2.24) is 52.1 Å². The van der Waals surface area contributed by atoms with Crippen LogP contribution in [0.1, 0.15) is 95.6 Å². The molecule has 1 fully saturated rings. The third-order valence-electron chi connectivity index (χ3n) is 11.9. The minimum atomic E-state index is -1.60. The molecule has 2 heterocycles. The first-order valence-corrected chi connectivity index (χ1v) is 25.5. The van der Waals surface area contributed by atoms with Gasteiger partial charge in [0.25, 0.3) is 11.8 Å². The van der Waals surface area contributed by atoms with Gasteiger partial charge in [0.15, 0.2) is 5.96 Å². The molecule has 8 amide bonds. The summed E-state index contributed by atoms with van der Waals surface area (Å²) in [7, 11) is 0. The number of hydrogen-bond donors (Lipinski definition) is 18. The highest BCUT2D eigenvalue weighted by molar-refractivity contribution is 6.40. The molecule has 0 bridgehead atoms. The summed E-state index contributed by atoms with van der Waals surface area (Å²) in [5.41, 5.74) is 39.2. The predicted molar refractivity (Wildman–Crippen MR) is 279 cm³/mol. The molecule has 0 saturated carbocycles. The Balaban J connectivity index is 2.32. The zero-order valence-electron chi connectivity index (χ0n) is 43.0. The van der Waals surface area contributed by atoms with Gasteiger partial charge in [0.2, 0.25) is 35.4 Å². The molecule has 2 rings (SSSR count). The number of aliphatic carboxylic acids is 1. The summed E-state index contributed by atoms with van der Waals surface area (Å²) >= 11 is 0. The van der Waals surface area contributed by atoms with E-state index in [0.717, 1.165) is 0 Å². The highest BCUT2D eigenvalue weighted by atomic mass is 16.4. The number of carbonyl (C=O) groups is 9. The van der Waals surface area contributed by atoms with E-state index in [2.05, 4.69) is 52.2 Å². The number of carboxylic acids is 1. The minimum absolute atomic E-state index is 0.0340. The fraction of sp³-hybridized carbons (Fsp3) is 0.652. The Morgan fingerprint density at radius 1 is 0.789 bits per heavy atom. The number of amides is 8. The van der Waals surface area contributed by atoms with Crippen LogP contribution in [0.25, 0.3) is 0 Å². The van der Waals surface area contributed by atoms with Crippen molar-refractivity contribution in [2.24, 2.45) is 45.1 Å². The standard InChI is InChI=1S/C46H81N19O11/c47-16-4-1-10-28(52)38(68)64-37(35(66)23-51)43(73)61-29(11-2-5-17-48)39(69)57-25-36(67)59-31(13-7-19-50)44(74)65-21-9-15-34(65)42(72)63-33(22-27-24-55-26-58-27)41(71)60-30(12-3-6-18-49)40(70)62-32(45(75)76)14-8-20-56-46(53)54/h14,24,26,28-30,33-35,37,66H,1-13,15-23,25,47-52H2,(H,55,58)(H,57,69)(H,60,71)(H,61,73)(H,62,70)(H,63,72)(H,64,68)(H,75,76)(H4,53,54,56)/b32-14-,59-31+/t28-,29-,30-,33-,34-,35-,37-/m0/s1. The van der Waals surface area contributed by atoms with Gasteiger partial charge in [-0.1, -0.05) is 12.5 Å². The van der Waals surface area contributed by atoms with E-state index >= 15 is 0 Å². The molecule has 1 aliphatic rings. The first-order valence-electron chi connectivity index (χ1n) is 25.5. The number of nitrogens with one attached hydrogen (secondary N) is 9. The van der Waals surface area contributed by atoms with Crippen molar-refractivity contribution in [3.05, 3.63) is 30.0 Å². The molecule has 426 valence electrons. The number of nitrogens with zero attached hydrogens (tertiary/aromatic N) is 3. The maximum atomic E-state index is 14.2. The Kier molecular flexibility index (Phi) is 30.9. The van der Waals surface area contributed by atoms with E-state index in [1.165, 1.54) is 23.5 Å². The first kappa shape index (κ1) is 65.2. The second-order valence-corrected chi connectivity index (χ2v) is 18.0. The Labute approximate surface area is 440 Å². The molecule has 0 spiro atoms. The second kappa shape index (κ2) is 36.1. The van der Waals surface area contributed by atoms with Crippen LogP contribution in [0.4, 0.5) is 0 Å². The molecule has 76 heavy (non-hydrogen) atoms. The van der Waals surface area contributed by atoms with E-state index in [-0.39, 0.29) is 95.8 Å². The SMILES string of the molecule is N=C(N)NCC/C=C(\NC(=O)[C@H](CCCCN)NC(=O)[C@H](Cc1cnc[nH]1)NC(=O)[C@@H]1CCCN1C(=O)/C(CCCN)=N/C(=O)CNC(=O)[C@H](CCCCN)NC(=O)[C@@H](NC(=O)[C@@H](N)CCCCN)[C@@H](O)CN)C(=O)O. The van der Waals surface area contributed by atoms with Crippen molar-refractivity contribution in [3.8, 4) is 0 Å². The number of aromatic amines is 1. The predicted octanol–water partition coefficient (Wildman–Crippen LogP) is -6.30. The van der Waals surface area contributed by atoms with Crippen LogP contribution >= 0.6 is 0 Å². The number of aliphatic hydroxyl groups excluding tert-OH is 1. The lowest BCUT2D eigenvalue weighted by atomic mass is 10.0. The summed E-state index contributed by atoms with van der Waals surface area (Å²) in [5.74, 6) is -8.52. The highest BCUT2D eigenvalue weighted by Crippen LogP contribution is 2.20. The molecular formula is C46H81N19O11. The summed E-state index contributed by atoms with van der Waals surface area (Å²) in [6, 6.07) is -7.74. The van der Waals surface area contributed by atoms with Crippen molar-refractivity contribution >= 4 is 64.9 Å². The minimum Gasteiger partial charge on any atom is -0.477 e. The molecule has 0 unspecified atom stereocenters. The van der Waals surface area contributed by atoms with Gasteiger partial charge in [-0.25, -0.2) is 14.8 Å². The fourth-order valence-corrected chi connectivity index (χ4v) is 7.76. The Hall–Kier alpha value is -6.96. The Bertz CT molecular complexity index is 2130. The van der Waals surface area contributed by atoms with Crippen molar-refractivity contribution in [1.29, 1.82) is 5.41 Å². The Morgan fingerprint density at radius 2 is 1.41 bits per heavy atom. The maximum Gasteiger partial charge on any atom is 0.352 e. The number of hydrogen-bond acceptors (Lipinski definition) is 18. The summed E-state index contributed by atoms with van der Waals surface area (Å²) in [6.07, 6.45) is 6.03. The van der Waals surface area contributed by atoms with Gasteiger partial charge in [0, 0.05) is 37.9 Å². The van der Waals surface area contributed by atoms with Gasteiger partial charge < -0.3 is 97.5 Å². The topological polar surface area (TPSA) is 529 Å². The lowest BCUT2D eigenvalue weighted by Gasteiger charge is -2.27. The van der Waals surface area contributed by atoms with Crippen LogP contribution in [-0.4, -0.2) is 185 Å². The summed E-state index contributed by atoms with van der Waals surface area (Å²) in [6.45, 7) is -0.00640. The van der Waals surface area contributed by atoms with Gasteiger partial charge in [-0.05, 0) is 110 Å². The number of aliphatic imine (C=N–C) groups is 1. The molecule has 30 nitrogen and oxygen atoms in total. The summed E-state index contributed by atoms with van der Waals surface area (Å²) in [4.78, 5) is 133. The van der Waals surface area contributed by atoms with E-state index in [1.54, 1.807) is 0 Å². The van der Waals surface area contributed by atoms with E-state index in [1.807, 2.05) is 0 Å². The zero-order valence-corrected chi connectivity index (χ0v) is 43.0. The van der Waals surface area contributed by atoms with E-state index in [0.29, 0.717) is 57.2 Å². The molecule has 1 saturated heterocycles. The van der Waals surface area contributed by atoms with Crippen LogP contribution in [0.2, 0.25) is 0 Å². The molecule has 1 aromatic rings. The number of aliphatic hydroxyl groups is 1. The van der Waals surface area contributed by atoms with Crippen molar-refractivity contribution in [2.45, 2.75) is 139 Å². The van der Waals surface area contributed by atoms with Gasteiger partial charge in [-0.3, -0.25) is 43.8 Å². The zero-order chi connectivity index (χ0) is 56.6. The van der Waals surface area contributed by atoms with Gasteiger partial charge in [-0.15, -0.1) is 0 Å². The lowest BCUT2D eigenvalue weighted by molar-refractivity contribution is -0.137. The third kappa shape index (κ3) is 23.7. The molecule has 0 aromatic carbocycles. The van der Waals surface area contributed by atoms with Crippen LogP contribution in [-0.2, 0) is 49.6 Å². The lowest BCUT2D eigenvalue weighted by Crippen LogP contribution is -2.60. The van der Waals surface area contributed by atoms with Crippen LogP contribution in [0, 0.1) is 5.41 Å². The molecule has 25 N–H and O–H groups in total. The molecule has 0 radical (unpaired) electrons. The normalized spacial score (nSPS) is 16.0. The largest absolute Gasteiger partial charge is 0.477 e. The summed E-state index contributed by atoms with van der Waals surface area (Å²) < 4.78 is 0. The van der Waals surface area contributed by atoms with Crippen molar-refractivity contribution in [3.63, 3.8) is 0 Å². The van der Waals surface area contributed by atoms with Gasteiger partial charge in [0.05, 0.1) is 25.0 Å². The average Bonchev–Trinajstić information content (AvgIpc) is 4.11. The number of carbonyl (C=O) groups excluding carboxylic acids is 8. The van der Waals surface area contributed by atoms with Crippen LogP contribution in [0.15, 0.2) is 29.3 Å². The van der Waals surface area contributed by atoms with Crippen molar-refractivity contribution < 1.29 is 53.4 Å². The molecule has 30 heteroatoms. The number of aromatic nitrogens is 2. The molecule has 1 aromatic heterocycles. The molecular weight excluding hydrogens is 995 g/mol. The number of rotatable bonds is 37. The average molecular weight is 1080 g/mol. The van der Waals surface area contributed by atoms with Crippen LogP contribution in [0.3, 0.4) is 0 Å². The number of carboxylic acid groups (broad SMARTS) is 1. The number of likely N-dealkylation sites (tertiary alicyclic amines) is 1. The summed E-state index contributed by atoms with van der Waals surface area (Å²) in [5, 5.41) is 45.1. The number of imidazole rings is 1. The molecule has 7 atom stereocenters. The molecule has 1 aliphatic heterocycles. The number of nitrogens with two attached hydrogens (primary N) is 7. The fourth-order valence-electron chi connectivity index (χ4n) is 7.76. The first-order chi connectivity index (χ1) is 36.3. The second-order valence-electron chi connectivity index (χ2n) is 18.0. The highest BCUT2D eigenvalue weighted by Gasteiger charge is 2.39. The van der Waals surface area contributed by atoms with E-state index in [4.69, 9.17) is 45.5 Å². The number of guanidine groups is 1.